The molecule has 14 heteroatoms. The van der Waals surface area contributed by atoms with Gasteiger partial charge >= 0.3 is 8.60 Å². The number of halogens is 1. The van der Waals surface area contributed by atoms with Crippen LogP contribution in [0.1, 0.15) is 48.8 Å². The van der Waals surface area contributed by atoms with E-state index in [4.69, 9.17) is 18.1 Å². The maximum absolute atomic E-state index is 15.8. The van der Waals surface area contributed by atoms with Crippen LogP contribution in [-0.2, 0) is 45.9 Å². The summed E-state index contributed by atoms with van der Waals surface area (Å²) in [5.74, 6) is 0.367. The summed E-state index contributed by atoms with van der Waals surface area (Å²) in [6.07, 6.45) is 4.64. The van der Waals surface area contributed by atoms with Crippen LogP contribution in [0.25, 0.3) is 27.7 Å². The number of nitrogens with one attached hydrogen (secondary N) is 1. The van der Waals surface area contributed by atoms with Crippen molar-refractivity contribution in [3.8, 4) is 16.9 Å². The standard InChI is InChI=1S/C42H40FN6O6P/c1-27-18-37(47-55-27)46-36-20-31(23-48(5)40(36)50)33-16-17-44-39(49-41(51)38-30(22-45-49)19-32(21-35(38)43)42(2,3)4)34(33)26-54-56(52-24-28-12-8-6-9-13-28)53-25-29-14-10-7-11-15-29/h6-23H,24-26H2,1-5H3,(H,46,47). The van der Waals surface area contributed by atoms with E-state index in [2.05, 4.69) is 20.6 Å². The summed E-state index contributed by atoms with van der Waals surface area (Å²) in [5, 5.41) is 11.8. The highest BCUT2D eigenvalue weighted by Crippen LogP contribution is 2.44. The van der Waals surface area contributed by atoms with E-state index in [-0.39, 0.29) is 47.7 Å². The zero-order valence-corrected chi connectivity index (χ0v) is 32.4. The topological polar surface area (TPSA) is 136 Å². The highest BCUT2D eigenvalue weighted by atomic mass is 31.2. The number of pyridine rings is 2. The second-order valence-corrected chi connectivity index (χ2v) is 15.4. The van der Waals surface area contributed by atoms with Crippen molar-refractivity contribution < 1.29 is 22.5 Å². The number of hydrogen-bond acceptors (Lipinski definition) is 10. The molecule has 7 aromatic rings. The van der Waals surface area contributed by atoms with E-state index < -0.39 is 20.0 Å². The highest BCUT2D eigenvalue weighted by molar-refractivity contribution is 7.41. The lowest BCUT2D eigenvalue weighted by molar-refractivity contribution is 0.144. The fourth-order valence-electron chi connectivity index (χ4n) is 6.04. The molecule has 4 heterocycles. The molecule has 56 heavy (non-hydrogen) atoms. The zero-order valence-electron chi connectivity index (χ0n) is 31.5. The Kier molecular flexibility index (Phi) is 11.3. The first kappa shape index (κ1) is 38.4. The summed E-state index contributed by atoms with van der Waals surface area (Å²) >= 11 is 0. The maximum Gasteiger partial charge on any atom is 0.333 e. The van der Waals surface area contributed by atoms with Gasteiger partial charge in [0.1, 0.15) is 17.3 Å². The Balaban J connectivity index is 1.33. The van der Waals surface area contributed by atoms with Crippen LogP contribution in [0.15, 0.2) is 124 Å². The summed E-state index contributed by atoms with van der Waals surface area (Å²) in [6, 6.07) is 27.5. The van der Waals surface area contributed by atoms with E-state index >= 15 is 4.39 Å². The van der Waals surface area contributed by atoms with Gasteiger partial charge in [-0.25, -0.2) is 9.37 Å². The summed E-state index contributed by atoms with van der Waals surface area (Å²) in [6.45, 7) is 7.92. The average molecular weight is 775 g/mol. The molecule has 0 unspecified atom stereocenters. The molecule has 0 aliphatic carbocycles. The van der Waals surface area contributed by atoms with E-state index in [1.807, 2.05) is 81.4 Å². The average Bonchev–Trinajstić information content (AvgIpc) is 3.60. The van der Waals surface area contributed by atoms with Crippen molar-refractivity contribution in [1.82, 2.24) is 24.5 Å². The molecular formula is C42H40FN6O6P. The summed E-state index contributed by atoms with van der Waals surface area (Å²) < 4.78 is 42.4. The maximum atomic E-state index is 15.8. The molecule has 0 saturated carbocycles. The first-order valence-corrected chi connectivity index (χ1v) is 18.9. The summed E-state index contributed by atoms with van der Waals surface area (Å²) in [7, 11) is -0.354. The third kappa shape index (κ3) is 8.66. The predicted octanol–water partition coefficient (Wildman–Crippen LogP) is 8.80. The molecule has 3 aromatic carbocycles. The lowest BCUT2D eigenvalue weighted by Gasteiger charge is -2.21. The minimum Gasteiger partial charge on any atom is -0.360 e. The summed E-state index contributed by atoms with van der Waals surface area (Å²) in [4.78, 5) is 32.1. The largest absolute Gasteiger partial charge is 0.360 e. The van der Waals surface area contributed by atoms with Crippen molar-refractivity contribution in [3.63, 3.8) is 0 Å². The van der Waals surface area contributed by atoms with E-state index in [1.165, 1.54) is 23.0 Å². The fraction of sp³-hybridized carbons (Fsp3) is 0.214. The third-order valence-electron chi connectivity index (χ3n) is 9.00. The quantitative estimate of drug-likeness (QED) is 0.113. The van der Waals surface area contributed by atoms with Crippen molar-refractivity contribution in [2.45, 2.75) is 52.9 Å². The number of aryl methyl sites for hydroxylation is 2. The van der Waals surface area contributed by atoms with Crippen LogP contribution in [0.3, 0.4) is 0 Å². The Hall–Kier alpha value is -5.85. The third-order valence-corrected chi connectivity index (χ3v) is 10.0. The van der Waals surface area contributed by atoms with Gasteiger partial charge in [0.15, 0.2) is 11.6 Å². The van der Waals surface area contributed by atoms with Gasteiger partial charge < -0.3 is 28.0 Å². The molecule has 7 rings (SSSR count). The Morgan fingerprint density at radius 3 is 2.14 bits per heavy atom. The van der Waals surface area contributed by atoms with Gasteiger partial charge in [-0.2, -0.15) is 9.78 Å². The van der Waals surface area contributed by atoms with Crippen molar-refractivity contribution in [2.24, 2.45) is 7.05 Å². The van der Waals surface area contributed by atoms with Crippen LogP contribution in [0.2, 0.25) is 0 Å². The number of rotatable bonds is 13. The molecule has 0 aliphatic rings. The fourth-order valence-corrected chi connectivity index (χ4v) is 7.01. The SMILES string of the molecule is Cc1cc(Nc2cc(-c3ccnc(-n4ncc5cc(C(C)(C)C)cc(F)c5c4=O)c3COP(OCc3ccccc3)OCc3ccccc3)cn(C)c2=O)no1. The van der Waals surface area contributed by atoms with Crippen molar-refractivity contribution in [1.29, 1.82) is 0 Å². The zero-order chi connectivity index (χ0) is 39.4. The minimum atomic E-state index is -1.98. The monoisotopic (exact) mass is 774 g/mol. The molecule has 0 fully saturated rings. The van der Waals surface area contributed by atoms with E-state index in [1.54, 1.807) is 44.4 Å². The van der Waals surface area contributed by atoms with Gasteiger partial charge in [-0.05, 0) is 58.9 Å². The van der Waals surface area contributed by atoms with Crippen molar-refractivity contribution >= 4 is 30.9 Å². The molecule has 0 saturated heterocycles. The molecule has 0 amide bonds. The normalized spacial score (nSPS) is 11.8. The molecule has 0 atom stereocenters. The molecule has 0 radical (unpaired) electrons. The van der Waals surface area contributed by atoms with Crippen LogP contribution in [-0.4, -0.2) is 24.5 Å². The number of anilines is 2. The second kappa shape index (κ2) is 16.5. The Morgan fingerprint density at radius 2 is 1.52 bits per heavy atom. The molecule has 4 aromatic heterocycles. The van der Waals surface area contributed by atoms with Crippen LogP contribution in [0.4, 0.5) is 15.9 Å². The molecule has 286 valence electrons. The predicted molar refractivity (Wildman–Crippen MR) is 213 cm³/mol. The Morgan fingerprint density at radius 1 is 0.857 bits per heavy atom. The smallest absolute Gasteiger partial charge is 0.333 e. The molecule has 1 N–H and O–H groups in total. The van der Waals surface area contributed by atoms with Crippen LogP contribution in [0, 0.1) is 12.7 Å². The van der Waals surface area contributed by atoms with Crippen LogP contribution in [0.5, 0.6) is 0 Å². The molecule has 0 spiro atoms. The minimum absolute atomic E-state index is 0.102. The van der Waals surface area contributed by atoms with E-state index in [0.717, 1.165) is 21.4 Å². The molecule has 0 aliphatic heterocycles. The van der Waals surface area contributed by atoms with E-state index in [0.29, 0.717) is 33.7 Å². The van der Waals surface area contributed by atoms with Crippen molar-refractivity contribution in [2.75, 3.05) is 5.32 Å². The van der Waals surface area contributed by atoms with Gasteiger partial charge in [-0.15, -0.1) is 0 Å². The van der Waals surface area contributed by atoms with Gasteiger partial charge in [-0.3, -0.25) is 9.59 Å². The van der Waals surface area contributed by atoms with Gasteiger partial charge in [0.05, 0.1) is 31.4 Å². The van der Waals surface area contributed by atoms with E-state index in [9.17, 15) is 9.59 Å². The van der Waals surface area contributed by atoms with Gasteiger partial charge in [0.25, 0.3) is 11.1 Å². The number of benzene rings is 3. The van der Waals surface area contributed by atoms with Crippen LogP contribution >= 0.6 is 8.60 Å². The van der Waals surface area contributed by atoms with Gasteiger partial charge in [0.2, 0.25) is 0 Å². The van der Waals surface area contributed by atoms with Gasteiger partial charge in [0, 0.05) is 42.0 Å². The van der Waals surface area contributed by atoms with Crippen molar-refractivity contribution in [3.05, 3.63) is 164 Å². The Bertz CT molecular complexity index is 2560. The number of nitrogens with zero attached hydrogens (tertiary/aromatic N) is 5. The van der Waals surface area contributed by atoms with Gasteiger partial charge in [-0.1, -0.05) is 86.6 Å². The van der Waals surface area contributed by atoms with Crippen LogP contribution < -0.4 is 16.4 Å². The molecular weight excluding hydrogens is 734 g/mol. The lowest BCUT2D eigenvalue weighted by atomic mass is 9.86. The number of fused-ring (bicyclic) bond motifs is 1. The number of hydrogen-bond donors (Lipinski definition) is 1. The Labute approximate surface area is 323 Å². The summed E-state index contributed by atoms with van der Waals surface area (Å²) in [5.41, 5.74) is 2.98. The lowest BCUT2D eigenvalue weighted by Crippen LogP contribution is -2.25. The second-order valence-electron chi connectivity index (χ2n) is 14.2. The number of aromatic nitrogens is 5. The molecule has 12 nitrogen and oxygen atoms in total. The highest BCUT2D eigenvalue weighted by Gasteiger charge is 2.24. The first-order chi connectivity index (χ1) is 26.9. The first-order valence-electron chi connectivity index (χ1n) is 17.8. The molecule has 0 bridgehead atoms.